The van der Waals surface area contributed by atoms with Crippen LogP contribution in [0.5, 0.6) is 0 Å². The molecule has 2 aromatic carbocycles. The molecule has 0 N–H and O–H groups in total. The Balaban J connectivity index is 1.96. The van der Waals surface area contributed by atoms with Crippen molar-refractivity contribution in [1.29, 1.82) is 0 Å². The molecular weight excluding hydrogens is 316 g/mol. The largest absolute Gasteiger partial charge is 0.371 e. The Kier molecular flexibility index (Phi) is 6.49. The normalized spacial score (nSPS) is 16.8. The van der Waals surface area contributed by atoms with E-state index < -0.39 is 0 Å². The Morgan fingerprint density at radius 3 is 2.23 bits per heavy atom. The summed E-state index contributed by atoms with van der Waals surface area (Å²) in [6.45, 7) is 9.11. The van der Waals surface area contributed by atoms with Crippen molar-refractivity contribution in [2.45, 2.75) is 52.5 Å². The van der Waals surface area contributed by atoms with Crippen molar-refractivity contribution in [3.63, 3.8) is 0 Å². The Bertz CT molecular complexity index is 712. The fourth-order valence-corrected chi connectivity index (χ4v) is 3.79. The van der Waals surface area contributed by atoms with E-state index in [1.807, 2.05) is 0 Å². The summed E-state index contributed by atoms with van der Waals surface area (Å²) in [5, 5.41) is 0. The van der Waals surface area contributed by atoms with E-state index in [1.54, 1.807) is 0 Å². The number of para-hydroxylation sites is 1. The van der Waals surface area contributed by atoms with Crippen molar-refractivity contribution >= 4 is 11.4 Å². The molecule has 0 radical (unpaired) electrons. The van der Waals surface area contributed by atoms with E-state index in [9.17, 15) is 0 Å². The molecule has 138 valence electrons. The van der Waals surface area contributed by atoms with E-state index in [-0.39, 0.29) is 6.04 Å². The predicted octanol–water partition coefficient (Wildman–Crippen LogP) is 6.27. The molecule has 1 aliphatic heterocycles. The van der Waals surface area contributed by atoms with Crippen LogP contribution in [0.3, 0.4) is 0 Å². The minimum atomic E-state index is 0.180. The fraction of sp³-hybridized carbons (Fsp3) is 0.458. The summed E-state index contributed by atoms with van der Waals surface area (Å²) < 4.78 is 0. The summed E-state index contributed by atoms with van der Waals surface area (Å²) >= 11 is 0. The molecule has 0 unspecified atom stereocenters. The van der Waals surface area contributed by atoms with Crippen LogP contribution in [0.25, 0.3) is 0 Å². The van der Waals surface area contributed by atoms with Crippen molar-refractivity contribution in [3.8, 4) is 0 Å². The minimum Gasteiger partial charge on any atom is -0.371 e. The van der Waals surface area contributed by atoms with Gasteiger partial charge in [0.1, 0.15) is 0 Å². The summed E-state index contributed by atoms with van der Waals surface area (Å²) in [7, 11) is 0. The van der Waals surface area contributed by atoms with Crippen LogP contribution in [0.4, 0.5) is 5.69 Å². The monoisotopic (exact) mass is 348 g/mol. The highest BCUT2D eigenvalue weighted by Crippen LogP contribution is 2.28. The molecule has 2 aromatic rings. The van der Waals surface area contributed by atoms with Crippen molar-refractivity contribution in [3.05, 3.63) is 65.7 Å². The molecule has 0 saturated carbocycles. The lowest BCUT2D eigenvalue weighted by Crippen LogP contribution is -2.31. The smallest absolute Gasteiger partial charge is 0.0724 e. The maximum Gasteiger partial charge on any atom is 0.0724 e. The van der Waals surface area contributed by atoms with Gasteiger partial charge in [0.2, 0.25) is 0 Å². The second-order valence-corrected chi connectivity index (χ2v) is 7.83. The van der Waals surface area contributed by atoms with Gasteiger partial charge in [-0.15, -0.1) is 0 Å². The molecule has 3 rings (SSSR count). The maximum atomic E-state index is 5.20. The topological polar surface area (TPSA) is 15.6 Å². The first-order valence-corrected chi connectivity index (χ1v) is 10.1. The minimum absolute atomic E-state index is 0.180. The van der Waals surface area contributed by atoms with Gasteiger partial charge in [-0.05, 0) is 50.2 Å². The first-order valence-electron chi connectivity index (χ1n) is 10.1. The lowest BCUT2D eigenvalue weighted by Gasteiger charge is -2.31. The summed E-state index contributed by atoms with van der Waals surface area (Å²) in [6.07, 6.45) is 4.97. The van der Waals surface area contributed by atoms with Gasteiger partial charge in [-0.25, -0.2) is 0 Å². The third kappa shape index (κ3) is 4.75. The first kappa shape index (κ1) is 18.7. The van der Waals surface area contributed by atoms with Gasteiger partial charge in [-0.2, -0.15) is 0 Å². The number of anilines is 1. The molecule has 0 aromatic heterocycles. The molecular formula is C24H32N2. The zero-order valence-electron chi connectivity index (χ0n) is 16.5. The van der Waals surface area contributed by atoms with Crippen LogP contribution in [0.1, 0.15) is 63.6 Å². The van der Waals surface area contributed by atoms with Crippen LogP contribution in [0, 0.1) is 5.92 Å². The van der Waals surface area contributed by atoms with Gasteiger partial charge in [-0.1, -0.05) is 62.4 Å². The molecule has 1 fully saturated rings. The van der Waals surface area contributed by atoms with Gasteiger partial charge in [0.25, 0.3) is 0 Å². The fourth-order valence-electron chi connectivity index (χ4n) is 3.79. The molecule has 1 aliphatic rings. The van der Waals surface area contributed by atoms with Gasteiger partial charge in [-0.3, -0.25) is 4.99 Å². The van der Waals surface area contributed by atoms with E-state index in [4.69, 9.17) is 4.99 Å². The summed E-state index contributed by atoms with van der Waals surface area (Å²) in [6, 6.07) is 19.7. The first-order chi connectivity index (χ1) is 12.6. The number of hydrogen-bond donors (Lipinski definition) is 0. The molecule has 1 atom stereocenters. The third-order valence-corrected chi connectivity index (χ3v) is 5.14. The molecule has 2 heteroatoms. The third-order valence-electron chi connectivity index (χ3n) is 5.14. The van der Waals surface area contributed by atoms with Gasteiger partial charge >= 0.3 is 0 Å². The molecule has 2 nitrogen and oxygen atoms in total. The Morgan fingerprint density at radius 1 is 0.885 bits per heavy atom. The standard InChI is InChI=1S/C24H32N2/c1-19(2)18-23(25-20(3)21-12-6-4-7-13-21)22-14-8-9-15-24(22)26-16-10-5-11-17-26/h4,6-9,12-15,19-20H,5,10-11,16-18H2,1-3H3/t20-/m0/s1. The van der Waals surface area contributed by atoms with Crippen molar-refractivity contribution in [2.75, 3.05) is 18.0 Å². The van der Waals surface area contributed by atoms with Gasteiger partial charge < -0.3 is 4.90 Å². The Morgan fingerprint density at radius 2 is 1.54 bits per heavy atom. The number of aliphatic imine (C=N–C) groups is 1. The highest BCUT2D eigenvalue weighted by molar-refractivity contribution is 6.05. The second-order valence-electron chi connectivity index (χ2n) is 7.83. The number of nitrogens with zero attached hydrogens (tertiary/aromatic N) is 2. The summed E-state index contributed by atoms with van der Waals surface area (Å²) in [5.74, 6) is 0.589. The highest BCUT2D eigenvalue weighted by atomic mass is 15.1. The zero-order chi connectivity index (χ0) is 18.4. The molecule has 26 heavy (non-hydrogen) atoms. The van der Waals surface area contributed by atoms with Gasteiger partial charge in [0, 0.05) is 30.1 Å². The van der Waals surface area contributed by atoms with Crippen LogP contribution < -0.4 is 4.90 Å². The molecule has 0 spiro atoms. The molecule has 0 bridgehead atoms. The molecule has 0 aliphatic carbocycles. The van der Waals surface area contributed by atoms with Crippen LogP contribution in [0.15, 0.2) is 59.6 Å². The number of rotatable bonds is 6. The zero-order valence-corrected chi connectivity index (χ0v) is 16.5. The molecule has 0 amide bonds. The van der Waals surface area contributed by atoms with Crippen molar-refractivity contribution < 1.29 is 0 Å². The predicted molar refractivity (Wildman–Crippen MR) is 113 cm³/mol. The SMILES string of the molecule is CC(C)CC(=N[C@@H](C)c1ccccc1)c1ccccc1N1CCCCC1. The van der Waals surface area contributed by atoms with Crippen LogP contribution >= 0.6 is 0 Å². The summed E-state index contributed by atoms with van der Waals surface area (Å²) in [4.78, 5) is 7.76. The van der Waals surface area contributed by atoms with E-state index in [2.05, 4.69) is 80.3 Å². The van der Waals surface area contributed by atoms with Crippen LogP contribution in [-0.2, 0) is 0 Å². The lowest BCUT2D eigenvalue weighted by atomic mass is 9.96. The van der Waals surface area contributed by atoms with Gasteiger partial charge in [0.05, 0.1) is 6.04 Å². The Labute approximate surface area is 159 Å². The highest BCUT2D eigenvalue weighted by Gasteiger charge is 2.18. The Hall–Kier alpha value is -2.09. The summed E-state index contributed by atoms with van der Waals surface area (Å²) in [5.41, 5.74) is 5.22. The second kappa shape index (κ2) is 9.02. The van der Waals surface area contributed by atoms with Crippen LogP contribution in [-0.4, -0.2) is 18.8 Å². The maximum absolute atomic E-state index is 5.20. The average molecular weight is 349 g/mol. The van der Waals surface area contributed by atoms with Gasteiger partial charge in [0.15, 0.2) is 0 Å². The van der Waals surface area contributed by atoms with E-state index in [0.717, 1.165) is 6.42 Å². The van der Waals surface area contributed by atoms with Crippen LogP contribution in [0.2, 0.25) is 0 Å². The van der Waals surface area contributed by atoms with E-state index >= 15 is 0 Å². The lowest BCUT2D eigenvalue weighted by molar-refractivity contribution is 0.577. The van der Waals surface area contributed by atoms with Crippen molar-refractivity contribution in [1.82, 2.24) is 0 Å². The number of hydrogen-bond acceptors (Lipinski definition) is 2. The molecule has 1 saturated heterocycles. The quantitative estimate of drug-likeness (QED) is 0.561. The number of benzene rings is 2. The van der Waals surface area contributed by atoms with E-state index in [0.29, 0.717) is 5.92 Å². The average Bonchev–Trinajstić information content (AvgIpc) is 2.68. The van der Waals surface area contributed by atoms with Crippen molar-refractivity contribution in [2.24, 2.45) is 10.9 Å². The van der Waals surface area contributed by atoms with E-state index in [1.165, 1.54) is 54.9 Å². The molecule has 1 heterocycles. The number of piperidine rings is 1.